The third kappa shape index (κ3) is 5.35. The highest BCUT2D eigenvalue weighted by Gasteiger charge is 2.39. The molecule has 1 saturated carbocycles. The highest BCUT2D eigenvalue weighted by atomic mass is 16.5. The van der Waals surface area contributed by atoms with Crippen LogP contribution in [0.15, 0.2) is 54.6 Å². The van der Waals surface area contributed by atoms with Crippen LogP contribution < -0.4 is 15.4 Å². The zero-order chi connectivity index (χ0) is 19.8. The van der Waals surface area contributed by atoms with Crippen LogP contribution in [0.1, 0.15) is 50.2 Å². The van der Waals surface area contributed by atoms with Gasteiger partial charge in [0.05, 0.1) is 0 Å². The second kappa shape index (κ2) is 9.40. The number of hydrogen-bond donors (Lipinski definition) is 2. The van der Waals surface area contributed by atoms with Gasteiger partial charge in [0, 0.05) is 13.5 Å². The summed E-state index contributed by atoms with van der Waals surface area (Å²) in [6, 6.07) is 17.7. The molecule has 0 heterocycles. The zero-order valence-electron chi connectivity index (χ0n) is 16.4. The van der Waals surface area contributed by atoms with Crippen molar-refractivity contribution in [3.63, 3.8) is 0 Å². The Bertz CT molecular complexity index is 781. The molecule has 148 valence electrons. The molecule has 2 aromatic carbocycles. The molecule has 0 unspecified atom stereocenters. The van der Waals surface area contributed by atoms with Gasteiger partial charge >= 0.3 is 0 Å². The van der Waals surface area contributed by atoms with E-state index in [1.165, 1.54) is 6.92 Å². The van der Waals surface area contributed by atoms with E-state index in [0.717, 1.165) is 36.1 Å². The standard InChI is InChI=1S/C23H28N2O3/c1-18(26)25-23(14-6-3-7-15-23)22(27)24-16-19-10-12-20(13-11-19)17-28-21-8-4-2-5-9-21/h2,4-5,8-13H,3,6-7,14-17H2,1H3,(H,24,27)(H,25,26). The van der Waals surface area contributed by atoms with E-state index < -0.39 is 5.54 Å². The molecule has 0 saturated heterocycles. The van der Waals surface area contributed by atoms with Crippen LogP contribution in [0.2, 0.25) is 0 Å². The van der Waals surface area contributed by atoms with Gasteiger partial charge in [-0.25, -0.2) is 0 Å². The Morgan fingerprint density at radius 1 is 0.929 bits per heavy atom. The third-order valence-electron chi connectivity index (χ3n) is 5.18. The van der Waals surface area contributed by atoms with E-state index in [-0.39, 0.29) is 11.8 Å². The van der Waals surface area contributed by atoms with Gasteiger partial charge in [0.25, 0.3) is 0 Å². The maximum Gasteiger partial charge on any atom is 0.246 e. The van der Waals surface area contributed by atoms with Crippen LogP contribution in [0.5, 0.6) is 5.75 Å². The van der Waals surface area contributed by atoms with Gasteiger partial charge in [0.15, 0.2) is 0 Å². The molecule has 3 rings (SSSR count). The van der Waals surface area contributed by atoms with Crippen molar-refractivity contribution >= 4 is 11.8 Å². The van der Waals surface area contributed by atoms with Gasteiger partial charge in [-0.05, 0) is 36.1 Å². The molecule has 1 aliphatic rings. The maximum absolute atomic E-state index is 12.8. The Labute approximate surface area is 166 Å². The number of carbonyl (C=O) groups is 2. The molecule has 28 heavy (non-hydrogen) atoms. The SMILES string of the molecule is CC(=O)NC1(C(=O)NCc2ccc(COc3ccccc3)cc2)CCCCC1. The van der Waals surface area contributed by atoms with Crippen molar-refractivity contribution in [2.24, 2.45) is 0 Å². The number of ether oxygens (including phenoxy) is 1. The van der Waals surface area contributed by atoms with Crippen molar-refractivity contribution in [3.05, 3.63) is 65.7 Å². The summed E-state index contributed by atoms with van der Waals surface area (Å²) in [6.07, 6.45) is 4.44. The number of rotatable bonds is 7. The lowest BCUT2D eigenvalue weighted by molar-refractivity contribution is -0.134. The smallest absolute Gasteiger partial charge is 0.246 e. The van der Waals surface area contributed by atoms with Crippen LogP contribution in [0, 0.1) is 0 Å². The number of nitrogens with one attached hydrogen (secondary N) is 2. The quantitative estimate of drug-likeness (QED) is 0.769. The molecule has 2 amide bonds. The molecule has 0 bridgehead atoms. The van der Waals surface area contributed by atoms with E-state index in [9.17, 15) is 9.59 Å². The summed E-state index contributed by atoms with van der Waals surface area (Å²) in [7, 11) is 0. The number of benzene rings is 2. The fraction of sp³-hybridized carbons (Fsp3) is 0.391. The monoisotopic (exact) mass is 380 g/mol. The molecule has 0 aliphatic heterocycles. The van der Waals surface area contributed by atoms with Gasteiger partial charge in [-0.2, -0.15) is 0 Å². The fourth-order valence-electron chi connectivity index (χ4n) is 3.69. The largest absolute Gasteiger partial charge is 0.489 e. The summed E-state index contributed by atoms with van der Waals surface area (Å²) in [6.45, 7) is 2.42. The topological polar surface area (TPSA) is 67.4 Å². The number of carbonyl (C=O) groups excluding carboxylic acids is 2. The highest BCUT2D eigenvalue weighted by Crippen LogP contribution is 2.28. The van der Waals surface area contributed by atoms with Crippen LogP contribution in [-0.4, -0.2) is 17.4 Å². The second-order valence-electron chi connectivity index (χ2n) is 7.42. The summed E-state index contributed by atoms with van der Waals surface area (Å²) < 4.78 is 5.75. The predicted molar refractivity (Wildman–Crippen MR) is 109 cm³/mol. The Kier molecular flexibility index (Phi) is 6.69. The fourth-order valence-corrected chi connectivity index (χ4v) is 3.69. The summed E-state index contributed by atoms with van der Waals surface area (Å²) in [5.41, 5.74) is 1.33. The van der Waals surface area contributed by atoms with Crippen molar-refractivity contribution < 1.29 is 14.3 Å². The van der Waals surface area contributed by atoms with Gasteiger partial charge in [-0.3, -0.25) is 9.59 Å². The Morgan fingerprint density at radius 2 is 1.57 bits per heavy atom. The first-order valence-electron chi connectivity index (χ1n) is 9.90. The van der Waals surface area contributed by atoms with E-state index in [4.69, 9.17) is 4.74 Å². The van der Waals surface area contributed by atoms with E-state index in [0.29, 0.717) is 26.0 Å². The minimum Gasteiger partial charge on any atom is -0.489 e. The molecule has 5 heteroatoms. The number of hydrogen-bond acceptors (Lipinski definition) is 3. The average Bonchev–Trinajstić information content (AvgIpc) is 2.72. The second-order valence-corrected chi connectivity index (χ2v) is 7.42. The Morgan fingerprint density at radius 3 is 2.21 bits per heavy atom. The molecule has 2 aromatic rings. The number of para-hydroxylation sites is 1. The normalized spacial score (nSPS) is 15.5. The van der Waals surface area contributed by atoms with E-state index >= 15 is 0 Å². The molecular formula is C23H28N2O3. The van der Waals surface area contributed by atoms with E-state index in [2.05, 4.69) is 10.6 Å². The van der Waals surface area contributed by atoms with Crippen LogP contribution in [-0.2, 0) is 22.7 Å². The molecule has 5 nitrogen and oxygen atoms in total. The molecule has 0 atom stereocenters. The van der Waals surface area contributed by atoms with Crippen molar-refractivity contribution in [1.29, 1.82) is 0 Å². The van der Waals surface area contributed by atoms with Crippen molar-refractivity contribution in [2.75, 3.05) is 0 Å². The van der Waals surface area contributed by atoms with E-state index in [1.54, 1.807) is 0 Å². The minimum absolute atomic E-state index is 0.0844. The molecule has 2 N–H and O–H groups in total. The van der Waals surface area contributed by atoms with Crippen molar-refractivity contribution in [1.82, 2.24) is 10.6 Å². The van der Waals surface area contributed by atoms with Crippen LogP contribution in [0.4, 0.5) is 0 Å². The third-order valence-corrected chi connectivity index (χ3v) is 5.18. The number of amides is 2. The lowest BCUT2D eigenvalue weighted by Crippen LogP contribution is -2.59. The Hall–Kier alpha value is -2.82. The minimum atomic E-state index is -0.756. The van der Waals surface area contributed by atoms with Crippen LogP contribution in [0.3, 0.4) is 0 Å². The van der Waals surface area contributed by atoms with Gasteiger partial charge in [-0.1, -0.05) is 61.7 Å². The molecule has 0 aromatic heterocycles. The molecule has 0 spiro atoms. The Balaban J connectivity index is 1.53. The summed E-state index contributed by atoms with van der Waals surface area (Å²) in [4.78, 5) is 24.4. The first-order valence-corrected chi connectivity index (χ1v) is 9.90. The van der Waals surface area contributed by atoms with Gasteiger partial charge in [0.2, 0.25) is 11.8 Å². The van der Waals surface area contributed by atoms with Gasteiger partial charge in [-0.15, -0.1) is 0 Å². The molecule has 0 radical (unpaired) electrons. The van der Waals surface area contributed by atoms with Crippen molar-refractivity contribution in [2.45, 2.75) is 57.7 Å². The van der Waals surface area contributed by atoms with Gasteiger partial charge in [0.1, 0.15) is 17.9 Å². The zero-order valence-corrected chi connectivity index (χ0v) is 16.4. The molecular weight excluding hydrogens is 352 g/mol. The highest BCUT2D eigenvalue weighted by molar-refractivity contribution is 5.91. The first-order chi connectivity index (χ1) is 13.6. The summed E-state index contributed by atoms with van der Waals surface area (Å²) in [5, 5.41) is 5.91. The molecule has 1 fully saturated rings. The van der Waals surface area contributed by atoms with E-state index in [1.807, 2.05) is 54.6 Å². The average molecular weight is 380 g/mol. The first kappa shape index (κ1) is 19.9. The molecule has 1 aliphatic carbocycles. The van der Waals surface area contributed by atoms with Crippen LogP contribution >= 0.6 is 0 Å². The lowest BCUT2D eigenvalue weighted by atomic mass is 9.80. The predicted octanol–water partition coefficient (Wildman–Crippen LogP) is 3.72. The lowest BCUT2D eigenvalue weighted by Gasteiger charge is -2.36. The summed E-state index contributed by atoms with van der Waals surface area (Å²) in [5.74, 6) is 0.605. The van der Waals surface area contributed by atoms with Gasteiger partial charge < -0.3 is 15.4 Å². The maximum atomic E-state index is 12.8. The van der Waals surface area contributed by atoms with Crippen LogP contribution in [0.25, 0.3) is 0 Å². The van der Waals surface area contributed by atoms with Crippen molar-refractivity contribution in [3.8, 4) is 5.75 Å². The summed E-state index contributed by atoms with van der Waals surface area (Å²) >= 11 is 0.